The molecule has 9 nitrogen and oxygen atoms in total. The maximum Gasteiger partial charge on any atom is 0.407 e. The van der Waals surface area contributed by atoms with Gasteiger partial charge < -0.3 is 24.3 Å². The van der Waals surface area contributed by atoms with E-state index in [1.165, 1.54) is 0 Å². The van der Waals surface area contributed by atoms with Gasteiger partial charge in [0.1, 0.15) is 12.3 Å². The average Bonchev–Trinajstić information content (AvgIpc) is 3.18. The van der Waals surface area contributed by atoms with Crippen LogP contribution >= 0.6 is 22.6 Å². The molecule has 11 heteroatoms. The number of nitrogens with one attached hydrogen (secondary N) is 1. The Bertz CT molecular complexity index is 1170. The fraction of sp³-hybridized carbons (Fsp3) is 0.720. The fourth-order valence-electron chi connectivity index (χ4n) is 5.23. The Balaban J connectivity index is 1.55. The van der Waals surface area contributed by atoms with Gasteiger partial charge >= 0.3 is 6.09 Å². The van der Waals surface area contributed by atoms with E-state index in [-0.39, 0.29) is 29.8 Å². The Morgan fingerprint density at radius 1 is 1.22 bits per heavy atom. The van der Waals surface area contributed by atoms with Crippen molar-refractivity contribution in [2.75, 3.05) is 11.5 Å². The predicted octanol–water partition coefficient (Wildman–Crippen LogP) is 4.68. The molecular weight excluding hydrogens is 589 g/mol. The Morgan fingerprint density at radius 2 is 1.86 bits per heavy atom. The highest BCUT2D eigenvalue weighted by atomic mass is 127. The molecule has 2 aromatic heterocycles. The molecule has 0 spiro atoms. The summed E-state index contributed by atoms with van der Waals surface area (Å²) >= 11 is 2.22. The summed E-state index contributed by atoms with van der Waals surface area (Å²) in [6.07, 6.45) is 5.24. The monoisotopic (exact) mass is 629 g/mol. The van der Waals surface area contributed by atoms with Gasteiger partial charge in [-0.05, 0) is 75.1 Å². The van der Waals surface area contributed by atoms with Crippen LogP contribution in [0.4, 0.5) is 10.7 Å². The molecule has 36 heavy (non-hydrogen) atoms. The summed E-state index contributed by atoms with van der Waals surface area (Å²) < 4.78 is 16.0. The van der Waals surface area contributed by atoms with Gasteiger partial charge in [-0.3, -0.25) is 9.36 Å². The van der Waals surface area contributed by atoms with Crippen LogP contribution in [0.15, 0.2) is 11.0 Å². The van der Waals surface area contributed by atoms with Gasteiger partial charge in [0.25, 0.3) is 5.56 Å². The zero-order chi connectivity index (χ0) is 26.4. The smallest absolute Gasteiger partial charge is 0.407 e. The molecule has 2 aliphatic rings. The number of aromatic nitrogens is 3. The van der Waals surface area contributed by atoms with Crippen LogP contribution in [0.3, 0.4) is 0 Å². The lowest BCUT2D eigenvalue weighted by atomic mass is 9.98. The van der Waals surface area contributed by atoms with Crippen LogP contribution in [0.5, 0.6) is 0 Å². The van der Waals surface area contributed by atoms with E-state index in [1.54, 1.807) is 4.57 Å². The number of rotatable bonds is 7. The molecule has 4 heterocycles. The molecule has 2 saturated heterocycles. The van der Waals surface area contributed by atoms with Crippen molar-refractivity contribution >= 4 is 53.7 Å². The molecule has 0 aromatic carbocycles. The van der Waals surface area contributed by atoms with Crippen molar-refractivity contribution < 1.29 is 14.3 Å². The number of halogens is 1. The molecular formula is C25H40IN5O4Si. The molecule has 200 valence electrons. The molecule has 2 aromatic rings. The number of amides is 1. The molecule has 0 radical (unpaired) electrons. The minimum Gasteiger partial charge on any atom is -0.444 e. The Labute approximate surface area is 228 Å². The van der Waals surface area contributed by atoms with Gasteiger partial charge in [-0.25, -0.2) is 4.79 Å². The lowest BCUT2D eigenvalue weighted by Crippen LogP contribution is -2.52. The normalized spacial score (nSPS) is 22.3. The summed E-state index contributed by atoms with van der Waals surface area (Å²) in [7, 11) is 0.638. The van der Waals surface area contributed by atoms with Crippen molar-refractivity contribution in [2.24, 2.45) is 7.05 Å². The molecule has 1 amide bonds. The molecule has 2 unspecified atom stereocenters. The van der Waals surface area contributed by atoms with Gasteiger partial charge in [0, 0.05) is 49.6 Å². The number of nitrogens with zero attached hydrogens (tertiary/aromatic N) is 4. The lowest BCUT2D eigenvalue weighted by molar-refractivity contribution is 0.0492. The maximum absolute atomic E-state index is 13.4. The third kappa shape index (κ3) is 6.09. The number of anilines is 1. The van der Waals surface area contributed by atoms with E-state index in [4.69, 9.17) is 14.5 Å². The van der Waals surface area contributed by atoms with Crippen molar-refractivity contribution in [3.05, 3.63) is 20.1 Å². The zero-order valence-corrected chi connectivity index (χ0v) is 25.7. The molecule has 4 rings (SSSR count). The van der Waals surface area contributed by atoms with Crippen LogP contribution in [0.1, 0.15) is 46.5 Å². The quantitative estimate of drug-likeness (QED) is 0.272. The minimum atomic E-state index is -1.17. The summed E-state index contributed by atoms with van der Waals surface area (Å²) in [5.41, 5.74) is 0.124. The predicted molar refractivity (Wildman–Crippen MR) is 153 cm³/mol. The summed E-state index contributed by atoms with van der Waals surface area (Å²) in [5, 5.41) is 3.70. The van der Waals surface area contributed by atoms with E-state index in [2.05, 4.69) is 52.4 Å². The maximum atomic E-state index is 13.4. The molecule has 1 N–H and O–H groups in total. The molecule has 0 aliphatic carbocycles. The number of fused-ring (bicyclic) bond motifs is 3. The first-order chi connectivity index (χ1) is 16.7. The summed E-state index contributed by atoms with van der Waals surface area (Å²) in [4.78, 5) is 33.1. The number of hydrogen-bond acceptors (Lipinski definition) is 6. The van der Waals surface area contributed by atoms with Crippen molar-refractivity contribution in [2.45, 2.75) is 103 Å². The number of alkyl carbamates (subject to hydrolysis) is 1. The van der Waals surface area contributed by atoms with E-state index >= 15 is 0 Å². The first-order valence-electron chi connectivity index (χ1n) is 12.8. The van der Waals surface area contributed by atoms with E-state index in [9.17, 15) is 9.59 Å². The van der Waals surface area contributed by atoms with E-state index in [0.717, 1.165) is 35.3 Å². The van der Waals surface area contributed by atoms with Gasteiger partial charge in [-0.2, -0.15) is 4.98 Å². The van der Waals surface area contributed by atoms with Crippen LogP contribution < -0.4 is 15.8 Å². The second kappa shape index (κ2) is 10.3. The Morgan fingerprint density at radius 3 is 2.44 bits per heavy atom. The Hall–Kier alpha value is -1.60. The van der Waals surface area contributed by atoms with Gasteiger partial charge in [-0.1, -0.05) is 19.6 Å². The van der Waals surface area contributed by atoms with Gasteiger partial charge in [-0.15, -0.1) is 0 Å². The summed E-state index contributed by atoms with van der Waals surface area (Å²) in [6.45, 7) is 13.7. The molecule has 0 saturated carbocycles. The molecule has 2 atom stereocenters. The standard InChI is InChI=1S/C25H40IN5O4Si/c1-25(2,3)35-24(33)27-16-12-17-8-9-18(13-16)31(17)23-28-21-20(22(32)29(23)4)19(26)14-30(21)15-34-10-11-36(5,6)7/h14,16-18H,8-13,15H2,1-7H3,(H,27,33). The van der Waals surface area contributed by atoms with Crippen molar-refractivity contribution in [3.63, 3.8) is 0 Å². The largest absolute Gasteiger partial charge is 0.444 e. The molecule has 2 aliphatic heterocycles. The highest BCUT2D eigenvalue weighted by Crippen LogP contribution is 2.39. The van der Waals surface area contributed by atoms with Gasteiger partial charge in [0.2, 0.25) is 5.95 Å². The van der Waals surface area contributed by atoms with Crippen LogP contribution in [-0.2, 0) is 23.3 Å². The average molecular weight is 630 g/mol. The number of ether oxygens (including phenoxy) is 2. The zero-order valence-electron chi connectivity index (χ0n) is 22.6. The number of hydrogen-bond donors (Lipinski definition) is 1. The lowest BCUT2D eigenvalue weighted by Gasteiger charge is -2.40. The Kier molecular flexibility index (Phi) is 7.83. The van der Waals surface area contributed by atoms with E-state index in [0.29, 0.717) is 30.3 Å². The first kappa shape index (κ1) is 27.4. The van der Waals surface area contributed by atoms with Crippen LogP contribution in [0.2, 0.25) is 25.7 Å². The van der Waals surface area contributed by atoms with Crippen molar-refractivity contribution in [3.8, 4) is 0 Å². The highest BCUT2D eigenvalue weighted by Gasteiger charge is 2.43. The van der Waals surface area contributed by atoms with Crippen molar-refractivity contribution in [1.29, 1.82) is 0 Å². The number of piperidine rings is 1. The van der Waals surface area contributed by atoms with Crippen LogP contribution in [0.25, 0.3) is 11.0 Å². The topological polar surface area (TPSA) is 90.6 Å². The fourth-order valence-corrected chi connectivity index (χ4v) is 6.79. The third-order valence-electron chi connectivity index (χ3n) is 6.94. The second-order valence-electron chi connectivity index (χ2n) is 12.4. The first-order valence-corrected chi connectivity index (χ1v) is 17.6. The SMILES string of the molecule is Cn1c(N2C3CCC2CC(NC(=O)OC(C)(C)C)C3)nc2c(c(I)cn2COCC[Si](C)(C)C)c1=O. The van der Waals surface area contributed by atoms with Crippen LogP contribution in [-0.4, -0.2) is 58.6 Å². The van der Waals surface area contributed by atoms with Crippen molar-refractivity contribution in [1.82, 2.24) is 19.4 Å². The highest BCUT2D eigenvalue weighted by molar-refractivity contribution is 14.1. The van der Waals surface area contributed by atoms with E-state index < -0.39 is 13.7 Å². The molecule has 2 fully saturated rings. The van der Waals surface area contributed by atoms with Gasteiger partial charge in [0.05, 0.1) is 5.39 Å². The van der Waals surface area contributed by atoms with Gasteiger partial charge in [0.15, 0.2) is 5.65 Å². The molecule has 2 bridgehead atoms. The summed E-state index contributed by atoms with van der Waals surface area (Å²) in [5.74, 6) is 0.702. The number of carbonyl (C=O) groups is 1. The van der Waals surface area contributed by atoms with E-state index in [1.807, 2.05) is 38.6 Å². The van der Waals surface area contributed by atoms with Crippen LogP contribution in [0, 0.1) is 3.57 Å². The number of carbonyl (C=O) groups excluding carboxylic acids is 1. The minimum absolute atomic E-state index is 0.0337. The second-order valence-corrected chi connectivity index (χ2v) is 19.2. The third-order valence-corrected chi connectivity index (χ3v) is 9.46. The summed E-state index contributed by atoms with van der Waals surface area (Å²) in [6, 6.07) is 1.59.